The summed E-state index contributed by atoms with van der Waals surface area (Å²) in [5.41, 5.74) is 0.0623. The fraction of sp³-hybridized carbons (Fsp3) is 0.455. The van der Waals surface area contributed by atoms with Crippen molar-refractivity contribution in [1.82, 2.24) is 4.98 Å². The molecule has 0 bridgehead atoms. The van der Waals surface area contributed by atoms with Crippen LogP contribution >= 0.6 is 15.9 Å². The lowest BCUT2D eigenvalue weighted by molar-refractivity contribution is -0.0279. The van der Waals surface area contributed by atoms with Crippen molar-refractivity contribution in [2.75, 3.05) is 0 Å². The van der Waals surface area contributed by atoms with Gasteiger partial charge in [0.25, 0.3) is 0 Å². The number of nitrogens with zero attached hydrogens (tertiary/aromatic N) is 1. The van der Waals surface area contributed by atoms with Gasteiger partial charge in [0.2, 0.25) is 5.88 Å². The Morgan fingerprint density at radius 2 is 2.35 bits per heavy atom. The minimum atomic E-state index is -1.06. The Labute approximate surface area is 108 Å². The number of carbonyl (C=O) groups is 1. The molecule has 0 aliphatic carbocycles. The molecule has 0 aliphatic heterocycles. The van der Waals surface area contributed by atoms with E-state index in [0.717, 1.165) is 12.8 Å². The van der Waals surface area contributed by atoms with Crippen LogP contribution in [0.1, 0.15) is 36.5 Å². The van der Waals surface area contributed by atoms with E-state index in [9.17, 15) is 9.90 Å². The van der Waals surface area contributed by atoms with Crippen molar-refractivity contribution in [2.45, 2.75) is 32.5 Å². The molecular formula is C11H14BrNO4. The first kappa shape index (κ1) is 13.9. The molecule has 94 valence electrons. The predicted molar refractivity (Wildman–Crippen MR) is 65.1 cm³/mol. The lowest BCUT2D eigenvalue weighted by Gasteiger charge is -2.13. The maximum atomic E-state index is 10.7. The van der Waals surface area contributed by atoms with E-state index >= 15 is 0 Å². The molecule has 6 heteroatoms. The van der Waals surface area contributed by atoms with Crippen LogP contribution < -0.4 is 4.74 Å². The maximum absolute atomic E-state index is 10.7. The molecule has 0 radical (unpaired) electrons. The summed E-state index contributed by atoms with van der Waals surface area (Å²) in [6.45, 7) is 2.02. The SMILES string of the molecule is CCCCC(O)Oc1ncc(C(=O)O)cc1Br. The number of aliphatic hydroxyl groups is 1. The number of hydrogen-bond donors (Lipinski definition) is 2. The van der Waals surface area contributed by atoms with Crippen molar-refractivity contribution in [3.63, 3.8) is 0 Å². The molecule has 0 amide bonds. The van der Waals surface area contributed by atoms with Gasteiger partial charge in [0, 0.05) is 12.6 Å². The second-order valence-corrected chi connectivity index (χ2v) is 4.39. The van der Waals surface area contributed by atoms with Crippen molar-refractivity contribution in [3.05, 3.63) is 22.3 Å². The van der Waals surface area contributed by atoms with Gasteiger partial charge in [0.1, 0.15) is 0 Å². The van der Waals surface area contributed by atoms with Crippen LogP contribution in [0.15, 0.2) is 16.7 Å². The summed E-state index contributed by atoms with van der Waals surface area (Å²) in [7, 11) is 0. The Hall–Kier alpha value is -1.14. The van der Waals surface area contributed by atoms with E-state index < -0.39 is 12.3 Å². The number of aromatic nitrogens is 1. The molecular weight excluding hydrogens is 290 g/mol. The van der Waals surface area contributed by atoms with Gasteiger partial charge in [-0.3, -0.25) is 0 Å². The number of aromatic carboxylic acids is 1. The number of carboxylic acids is 1. The molecule has 1 aromatic heterocycles. The first-order valence-corrected chi connectivity index (χ1v) is 6.07. The third-order valence-electron chi connectivity index (χ3n) is 2.11. The number of unbranched alkanes of at least 4 members (excludes halogenated alkanes) is 1. The number of rotatable bonds is 6. The summed E-state index contributed by atoms with van der Waals surface area (Å²) in [6, 6.07) is 1.39. The molecule has 0 aromatic carbocycles. The maximum Gasteiger partial charge on any atom is 0.337 e. The Bertz CT molecular complexity index is 397. The second-order valence-electron chi connectivity index (χ2n) is 3.53. The van der Waals surface area contributed by atoms with Crippen LogP contribution in [0.5, 0.6) is 5.88 Å². The van der Waals surface area contributed by atoms with Gasteiger partial charge in [-0.05, 0) is 28.4 Å². The van der Waals surface area contributed by atoms with Crippen molar-refractivity contribution >= 4 is 21.9 Å². The van der Waals surface area contributed by atoms with Gasteiger partial charge in [0.05, 0.1) is 10.0 Å². The topological polar surface area (TPSA) is 79.7 Å². The fourth-order valence-corrected chi connectivity index (χ4v) is 1.64. The highest BCUT2D eigenvalue weighted by molar-refractivity contribution is 9.10. The Kier molecular flexibility index (Phi) is 5.37. The molecule has 0 aliphatic rings. The lowest BCUT2D eigenvalue weighted by atomic mass is 10.2. The molecule has 0 fully saturated rings. The Balaban J connectivity index is 2.69. The molecule has 17 heavy (non-hydrogen) atoms. The van der Waals surface area contributed by atoms with Crippen LogP contribution in [0, 0.1) is 0 Å². The first-order valence-electron chi connectivity index (χ1n) is 5.28. The van der Waals surface area contributed by atoms with Crippen LogP contribution in [-0.4, -0.2) is 27.5 Å². The number of ether oxygens (including phenoxy) is 1. The van der Waals surface area contributed by atoms with Gasteiger partial charge >= 0.3 is 5.97 Å². The lowest BCUT2D eigenvalue weighted by Crippen LogP contribution is -2.16. The van der Waals surface area contributed by atoms with Gasteiger partial charge in [-0.15, -0.1) is 0 Å². The van der Waals surface area contributed by atoms with Crippen molar-refractivity contribution in [1.29, 1.82) is 0 Å². The summed E-state index contributed by atoms with van der Waals surface area (Å²) in [6.07, 6.45) is 2.61. The number of carboxylic acid groups (broad SMARTS) is 1. The number of halogens is 1. The molecule has 1 atom stereocenters. The molecule has 1 unspecified atom stereocenters. The highest BCUT2D eigenvalue weighted by Gasteiger charge is 2.12. The first-order chi connectivity index (χ1) is 8.04. The molecule has 1 rings (SSSR count). The van der Waals surface area contributed by atoms with Gasteiger partial charge in [-0.25, -0.2) is 9.78 Å². The minimum Gasteiger partial charge on any atom is -0.478 e. The predicted octanol–water partition coefficient (Wildman–Crippen LogP) is 2.43. The smallest absolute Gasteiger partial charge is 0.337 e. The van der Waals surface area contributed by atoms with Gasteiger partial charge in [0.15, 0.2) is 6.29 Å². The third-order valence-corrected chi connectivity index (χ3v) is 2.67. The largest absolute Gasteiger partial charge is 0.478 e. The minimum absolute atomic E-state index is 0.0623. The summed E-state index contributed by atoms with van der Waals surface area (Å²) < 4.78 is 5.60. The Morgan fingerprint density at radius 3 is 2.88 bits per heavy atom. The molecule has 0 saturated heterocycles. The summed E-state index contributed by atoms with van der Waals surface area (Å²) in [4.78, 5) is 14.5. The zero-order valence-electron chi connectivity index (χ0n) is 9.39. The van der Waals surface area contributed by atoms with E-state index in [2.05, 4.69) is 20.9 Å². The highest BCUT2D eigenvalue weighted by atomic mass is 79.9. The third kappa shape index (κ3) is 4.32. The van der Waals surface area contributed by atoms with Gasteiger partial charge in [-0.1, -0.05) is 13.3 Å². The van der Waals surface area contributed by atoms with E-state index in [1.54, 1.807) is 0 Å². The zero-order valence-corrected chi connectivity index (χ0v) is 11.0. The van der Waals surface area contributed by atoms with E-state index in [0.29, 0.717) is 10.9 Å². The van der Waals surface area contributed by atoms with Crippen LogP contribution in [0.2, 0.25) is 0 Å². The van der Waals surface area contributed by atoms with Crippen molar-refractivity contribution < 1.29 is 19.7 Å². The Morgan fingerprint density at radius 1 is 1.65 bits per heavy atom. The van der Waals surface area contributed by atoms with Crippen molar-refractivity contribution in [2.24, 2.45) is 0 Å². The second kappa shape index (κ2) is 6.56. The van der Waals surface area contributed by atoms with Crippen LogP contribution in [0.4, 0.5) is 0 Å². The molecule has 2 N–H and O–H groups in total. The molecule has 0 saturated carbocycles. The monoisotopic (exact) mass is 303 g/mol. The molecule has 0 spiro atoms. The standard InChI is InChI=1S/C11H14BrNO4/c1-2-3-4-9(14)17-10-8(12)5-7(6-13-10)11(15)16/h5-6,9,14H,2-4H2,1H3,(H,15,16). The van der Waals surface area contributed by atoms with Crippen LogP contribution in [0.3, 0.4) is 0 Å². The normalized spacial score (nSPS) is 12.2. The van der Waals surface area contributed by atoms with Crippen molar-refractivity contribution in [3.8, 4) is 5.88 Å². The van der Waals surface area contributed by atoms with Crippen LogP contribution in [0.25, 0.3) is 0 Å². The molecule has 1 heterocycles. The number of aliphatic hydroxyl groups excluding tert-OH is 1. The van der Waals surface area contributed by atoms with E-state index in [1.165, 1.54) is 12.3 Å². The highest BCUT2D eigenvalue weighted by Crippen LogP contribution is 2.24. The number of hydrogen-bond acceptors (Lipinski definition) is 4. The fourth-order valence-electron chi connectivity index (χ4n) is 1.20. The summed E-state index contributed by atoms with van der Waals surface area (Å²) in [5.74, 6) is -0.866. The molecule has 1 aromatic rings. The summed E-state index contributed by atoms with van der Waals surface area (Å²) in [5, 5.41) is 18.3. The van der Waals surface area contributed by atoms with E-state index in [-0.39, 0.29) is 11.4 Å². The quantitative estimate of drug-likeness (QED) is 0.789. The molecule has 5 nitrogen and oxygen atoms in total. The number of pyridine rings is 1. The van der Waals surface area contributed by atoms with Crippen LogP contribution in [-0.2, 0) is 0 Å². The summed E-state index contributed by atoms with van der Waals surface area (Å²) >= 11 is 3.15. The van der Waals surface area contributed by atoms with E-state index in [4.69, 9.17) is 9.84 Å². The van der Waals surface area contributed by atoms with E-state index in [1.807, 2.05) is 6.92 Å². The zero-order chi connectivity index (χ0) is 12.8. The average molecular weight is 304 g/mol. The van der Waals surface area contributed by atoms with Gasteiger partial charge in [-0.2, -0.15) is 0 Å². The average Bonchev–Trinajstić information content (AvgIpc) is 2.28. The van der Waals surface area contributed by atoms with Gasteiger partial charge < -0.3 is 14.9 Å².